The standard InChI is InChI=1S/C41H49N7O9S/c1-40(2,3)57-39(53)45-30(13-14-33(49)55-24-26-10-7-6-8-11-26)37(51)47-19-9-12-28-22-27(15-18-42-28)36-44-32(25-58-36)35(50)43-31-23-48(29-16-20-54-21-17-29)46-34(31)38(52)56-41(47,4)5/h6-8,10-11,15,18,22-23,25,29-30H,9,12-14,16-17,19-21,24H2,1-5H3,(H,43,50)(H,45,53)/t30-/m1/s1. The Hall–Kier alpha value is -5.68. The third-order valence-electron chi connectivity index (χ3n) is 9.48. The maximum absolute atomic E-state index is 14.7. The normalized spacial score (nSPS) is 16.9. The monoisotopic (exact) mass is 815 g/mol. The minimum atomic E-state index is -1.65. The molecule has 4 bridgehead atoms. The Morgan fingerprint density at radius 2 is 1.86 bits per heavy atom. The molecule has 2 aliphatic heterocycles. The van der Waals surface area contributed by atoms with Gasteiger partial charge < -0.3 is 34.5 Å². The van der Waals surface area contributed by atoms with Crippen LogP contribution in [0.3, 0.4) is 0 Å². The van der Waals surface area contributed by atoms with Gasteiger partial charge in [0.2, 0.25) is 5.91 Å². The predicted octanol–water partition coefficient (Wildman–Crippen LogP) is 6.09. The van der Waals surface area contributed by atoms with Gasteiger partial charge in [0.25, 0.3) is 5.91 Å². The van der Waals surface area contributed by atoms with E-state index in [0.29, 0.717) is 49.6 Å². The van der Waals surface area contributed by atoms with E-state index in [-0.39, 0.29) is 49.1 Å². The fourth-order valence-electron chi connectivity index (χ4n) is 6.58. The van der Waals surface area contributed by atoms with Crippen molar-refractivity contribution >= 4 is 46.9 Å². The van der Waals surface area contributed by atoms with Crippen LogP contribution in [0.15, 0.2) is 60.2 Å². The van der Waals surface area contributed by atoms with Gasteiger partial charge in [0.1, 0.15) is 29.0 Å². The first kappa shape index (κ1) is 41.9. The van der Waals surface area contributed by atoms with Gasteiger partial charge >= 0.3 is 18.0 Å². The lowest BCUT2D eigenvalue weighted by molar-refractivity contribution is -0.157. The van der Waals surface area contributed by atoms with Crippen LogP contribution in [0, 0.1) is 0 Å². The number of cyclic esters (lactones) is 1. The summed E-state index contributed by atoms with van der Waals surface area (Å²) in [4.78, 5) is 79.1. The number of aryl methyl sites for hydroxylation is 1. The number of ether oxygens (including phenoxy) is 4. The summed E-state index contributed by atoms with van der Waals surface area (Å²) in [6.07, 6.45) is 4.10. The molecule has 5 heterocycles. The highest BCUT2D eigenvalue weighted by Crippen LogP contribution is 2.30. The van der Waals surface area contributed by atoms with Crippen LogP contribution in [0.25, 0.3) is 10.6 Å². The van der Waals surface area contributed by atoms with E-state index < -0.39 is 47.2 Å². The van der Waals surface area contributed by atoms with Crippen LogP contribution in [-0.4, -0.2) is 91.6 Å². The second-order valence-electron chi connectivity index (χ2n) is 15.6. The molecule has 308 valence electrons. The number of thiazole rings is 1. The molecular formula is C41H49N7O9S. The van der Waals surface area contributed by atoms with Crippen molar-refractivity contribution in [3.05, 3.63) is 82.9 Å². The molecule has 17 heteroatoms. The number of carbonyl (C=O) groups is 5. The van der Waals surface area contributed by atoms with Crippen LogP contribution in [0.4, 0.5) is 10.5 Å². The first-order chi connectivity index (χ1) is 27.6. The number of nitrogens with one attached hydrogen (secondary N) is 2. The summed E-state index contributed by atoms with van der Waals surface area (Å²) >= 11 is 1.30. The Kier molecular flexibility index (Phi) is 13.2. The zero-order valence-corrected chi connectivity index (χ0v) is 34.1. The van der Waals surface area contributed by atoms with Crippen LogP contribution in [0.1, 0.15) is 105 Å². The van der Waals surface area contributed by atoms with Crippen molar-refractivity contribution in [2.45, 2.75) is 103 Å². The van der Waals surface area contributed by atoms with Crippen LogP contribution >= 0.6 is 11.3 Å². The third-order valence-corrected chi connectivity index (χ3v) is 10.4. The zero-order valence-electron chi connectivity index (χ0n) is 33.3. The first-order valence-corrected chi connectivity index (χ1v) is 20.2. The van der Waals surface area contributed by atoms with Gasteiger partial charge in [0.05, 0.1) is 11.7 Å². The SMILES string of the molecule is CC(C)(C)OC(=O)N[C@H](CCC(=O)OCc1ccccc1)C(=O)N1CCCc2cc(ccn2)-c2nc(cs2)C(=O)Nc2cn(C3CCOCC3)nc2C(=O)OC1(C)C. The van der Waals surface area contributed by atoms with Crippen LogP contribution in [0.2, 0.25) is 0 Å². The molecule has 0 unspecified atom stereocenters. The van der Waals surface area contributed by atoms with E-state index in [0.717, 1.165) is 11.1 Å². The number of hydrogen-bond acceptors (Lipinski definition) is 13. The van der Waals surface area contributed by atoms with E-state index >= 15 is 0 Å². The van der Waals surface area contributed by atoms with Gasteiger partial charge in [-0.25, -0.2) is 14.6 Å². The molecule has 1 aromatic carbocycles. The molecule has 0 radical (unpaired) electrons. The van der Waals surface area contributed by atoms with Crippen LogP contribution < -0.4 is 10.6 Å². The topological polar surface area (TPSA) is 193 Å². The molecule has 4 aromatic rings. The summed E-state index contributed by atoms with van der Waals surface area (Å²) in [5.41, 5.74) is -0.166. The largest absolute Gasteiger partial charge is 0.461 e. The van der Waals surface area contributed by atoms with Crippen molar-refractivity contribution in [1.82, 2.24) is 30.0 Å². The Morgan fingerprint density at radius 1 is 1.10 bits per heavy atom. The molecule has 0 aliphatic carbocycles. The summed E-state index contributed by atoms with van der Waals surface area (Å²) < 4.78 is 24.3. The molecule has 58 heavy (non-hydrogen) atoms. The second-order valence-corrected chi connectivity index (χ2v) is 16.4. The lowest BCUT2D eigenvalue weighted by Gasteiger charge is -2.39. The Labute approximate surface area is 340 Å². The molecule has 6 rings (SSSR count). The van der Waals surface area contributed by atoms with Gasteiger partial charge in [-0.3, -0.25) is 24.0 Å². The summed E-state index contributed by atoms with van der Waals surface area (Å²) in [6, 6.07) is 11.5. The van der Waals surface area contributed by atoms with Crippen molar-refractivity contribution in [3.63, 3.8) is 0 Å². The molecular weight excluding hydrogens is 767 g/mol. The van der Waals surface area contributed by atoms with E-state index in [4.69, 9.17) is 18.9 Å². The van der Waals surface area contributed by atoms with E-state index in [9.17, 15) is 24.0 Å². The number of benzene rings is 1. The molecule has 1 saturated heterocycles. The molecule has 2 aliphatic rings. The number of pyridine rings is 1. The molecule has 1 fully saturated rings. The highest BCUT2D eigenvalue weighted by Gasteiger charge is 2.40. The number of alkyl carbamates (subject to hydrolysis) is 1. The van der Waals surface area contributed by atoms with Gasteiger partial charge in [-0.2, -0.15) is 5.10 Å². The highest BCUT2D eigenvalue weighted by molar-refractivity contribution is 7.13. The molecule has 1 atom stereocenters. The predicted molar refractivity (Wildman–Crippen MR) is 213 cm³/mol. The fraction of sp³-hybridized carbons (Fsp3) is 0.463. The molecule has 3 amide bonds. The molecule has 3 aromatic heterocycles. The number of amides is 3. The van der Waals surface area contributed by atoms with Crippen molar-refractivity contribution in [2.75, 3.05) is 25.1 Å². The van der Waals surface area contributed by atoms with E-state index in [1.54, 1.807) is 63.1 Å². The average Bonchev–Trinajstić information content (AvgIpc) is 3.85. The lowest BCUT2D eigenvalue weighted by Crippen LogP contribution is -2.58. The average molecular weight is 816 g/mol. The number of carbonyl (C=O) groups excluding carboxylic acids is 5. The summed E-state index contributed by atoms with van der Waals surface area (Å²) in [5, 5.41) is 12.3. The molecule has 16 nitrogen and oxygen atoms in total. The number of nitrogens with zero attached hydrogens (tertiary/aromatic N) is 5. The number of anilines is 1. The smallest absolute Gasteiger partial charge is 0.408 e. The van der Waals surface area contributed by atoms with Crippen molar-refractivity contribution in [3.8, 4) is 10.6 Å². The van der Waals surface area contributed by atoms with Gasteiger partial charge in [-0.05, 0) is 84.4 Å². The van der Waals surface area contributed by atoms with Crippen molar-refractivity contribution < 1.29 is 42.9 Å². The zero-order chi connectivity index (χ0) is 41.5. The number of hydrogen-bond donors (Lipinski definition) is 2. The maximum atomic E-state index is 14.7. The second kappa shape index (κ2) is 18.3. The van der Waals surface area contributed by atoms with Crippen molar-refractivity contribution in [1.29, 1.82) is 0 Å². The number of rotatable bonds is 8. The summed E-state index contributed by atoms with van der Waals surface area (Å²) in [6.45, 7) is 9.30. The number of fused-ring (bicyclic) bond motifs is 6. The Morgan fingerprint density at radius 3 is 2.60 bits per heavy atom. The third kappa shape index (κ3) is 11.0. The minimum absolute atomic E-state index is 0.0402. The van der Waals surface area contributed by atoms with E-state index in [1.807, 2.05) is 36.4 Å². The molecule has 0 spiro atoms. The molecule has 2 N–H and O–H groups in total. The summed E-state index contributed by atoms with van der Waals surface area (Å²) in [7, 11) is 0. The van der Waals surface area contributed by atoms with Gasteiger partial charge in [0.15, 0.2) is 11.4 Å². The van der Waals surface area contributed by atoms with Gasteiger partial charge in [-0.15, -0.1) is 11.3 Å². The lowest BCUT2D eigenvalue weighted by atomic mass is 10.1. The van der Waals surface area contributed by atoms with Crippen LogP contribution in [-0.2, 0) is 41.6 Å². The van der Waals surface area contributed by atoms with Crippen LogP contribution in [0.5, 0.6) is 0 Å². The minimum Gasteiger partial charge on any atom is -0.461 e. The number of esters is 2. The quantitative estimate of drug-likeness (QED) is 0.154. The Balaban J connectivity index is 1.32. The highest BCUT2D eigenvalue weighted by atomic mass is 32.1. The fourth-order valence-corrected chi connectivity index (χ4v) is 7.37. The molecule has 0 saturated carbocycles. The van der Waals surface area contributed by atoms with Gasteiger partial charge in [-0.1, -0.05) is 30.3 Å². The maximum Gasteiger partial charge on any atom is 0.408 e. The van der Waals surface area contributed by atoms with Gasteiger partial charge in [0, 0.05) is 55.2 Å². The summed E-state index contributed by atoms with van der Waals surface area (Å²) in [5.74, 6) is -2.65. The first-order valence-electron chi connectivity index (χ1n) is 19.3. The Bertz CT molecular complexity index is 2100. The van der Waals surface area contributed by atoms with E-state index in [1.165, 1.54) is 16.2 Å². The van der Waals surface area contributed by atoms with Crippen molar-refractivity contribution in [2.24, 2.45) is 0 Å². The number of aromatic nitrogens is 4. The van der Waals surface area contributed by atoms with E-state index in [2.05, 4.69) is 25.7 Å².